The average molecular weight is 194 g/mol. The molecular formula is C9H14N4O. The first-order chi connectivity index (χ1) is 6.66. The summed E-state index contributed by atoms with van der Waals surface area (Å²) in [5.41, 5.74) is 7.63. The van der Waals surface area contributed by atoms with Crippen LogP contribution in [0.4, 0.5) is 0 Å². The summed E-state index contributed by atoms with van der Waals surface area (Å²) in [5.74, 6) is -0.268. The predicted octanol–water partition coefficient (Wildman–Crippen LogP) is -0.736. The third-order valence-corrected chi connectivity index (χ3v) is 2.60. The number of aryl methyl sites for hydroxylation is 1. The largest absolute Gasteiger partial charge is 0.369 e. The molecule has 14 heavy (non-hydrogen) atoms. The maximum Gasteiger partial charge on any atom is 0.231 e. The van der Waals surface area contributed by atoms with Gasteiger partial charge in [-0.25, -0.2) is 0 Å². The van der Waals surface area contributed by atoms with E-state index in [1.54, 1.807) is 0 Å². The van der Waals surface area contributed by atoms with E-state index in [4.69, 9.17) is 5.73 Å². The molecule has 2 N–H and O–H groups in total. The Morgan fingerprint density at radius 3 is 3.21 bits per heavy atom. The zero-order valence-electron chi connectivity index (χ0n) is 8.23. The maximum atomic E-state index is 10.8. The normalized spacial score (nSPS) is 16.6. The molecule has 0 fully saturated rings. The molecule has 0 spiro atoms. The quantitative estimate of drug-likeness (QED) is 0.674. The van der Waals surface area contributed by atoms with E-state index in [9.17, 15) is 4.79 Å². The lowest BCUT2D eigenvalue weighted by Crippen LogP contribution is -2.37. The number of nitrogens with two attached hydrogens (primary N) is 1. The Balaban J connectivity index is 2.12. The van der Waals surface area contributed by atoms with E-state index in [1.165, 1.54) is 11.3 Å². The van der Waals surface area contributed by atoms with Crippen molar-refractivity contribution in [3.8, 4) is 0 Å². The summed E-state index contributed by atoms with van der Waals surface area (Å²) in [7, 11) is 1.92. The number of carbonyl (C=O) groups excluding carboxylic acids is 1. The molecule has 1 aliphatic rings. The highest BCUT2D eigenvalue weighted by atomic mass is 16.1. The summed E-state index contributed by atoms with van der Waals surface area (Å²) in [4.78, 5) is 12.8. The molecule has 1 amide bonds. The van der Waals surface area contributed by atoms with E-state index in [-0.39, 0.29) is 5.91 Å². The second kappa shape index (κ2) is 3.42. The van der Waals surface area contributed by atoms with Crippen LogP contribution in [-0.4, -0.2) is 33.7 Å². The molecule has 0 radical (unpaired) electrons. The van der Waals surface area contributed by atoms with Gasteiger partial charge in [0.1, 0.15) is 0 Å². The average Bonchev–Trinajstić information content (AvgIpc) is 2.47. The van der Waals surface area contributed by atoms with Gasteiger partial charge in [-0.05, 0) is 12.0 Å². The molecule has 1 aromatic heterocycles. The van der Waals surface area contributed by atoms with Gasteiger partial charge in [-0.1, -0.05) is 0 Å². The van der Waals surface area contributed by atoms with Crippen LogP contribution in [0.25, 0.3) is 0 Å². The summed E-state index contributed by atoms with van der Waals surface area (Å²) >= 11 is 0. The van der Waals surface area contributed by atoms with Gasteiger partial charge in [0.2, 0.25) is 5.91 Å². The van der Waals surface area contributed by atoms with E-state index in [2.05, 4.69) is 5.10 Å². The second-order valence-corrected chi connectivity index (χ2v) is 3.67. The third-order valence-electron chi connectivity index (χ3n) is 2.60. The fourth-order valence-electron chi connectivity index (χ4n) is 1.85. The molecule has 1 aliphatic heterocycles. The van der Waals surface area contributed by atoms with Gasteiger partial charge in [0.25, 0.3) is 0 Å². The number of hydrogen-bond acceptors (Lipinski definition) is 3. The minimum absolute atomic E-state index is 0.268. The molecule has 0 bridgehead atoms. The zero-order valence-corrected chi connectivity index (χ0v) is 8.23. The van der Waals surface area contributed by atoms with Crippen LogP contribution in [0.2, 0.25) is 0 Å². The Morgan fingerprint density at radius 1 is 1.71 bits per heavy atom. The van der Waals surface area contributed by atoms with Crippen LogP contribution >= 0.6 is 0 Å². The van der Waals surface area contributed by atoms with E-state index >= 15 is 0 Å². The Labute approximate surface area is 82.5 Å². The smallest absolute Gasteiger partial charge is 0.231 e. The predicted molar refractivity (Wildman–Crippen MR) is 51.4 cm³/mol. The number of rotatable bonds is 2. The molecular weight excluding hydrogens is 180 g/mol. The Bertz CT molecular complexity index is 358. The van der Waals surface area contributed by atoms with Crippen LogP contribution in [0.5, 0.6) is 0 Å². The van der Waals surface area contributed by atoms with Crippen LogP contribution in [0, 0.1) is 0 Å². The first-order valence-corrected chi connectivity index (χ1v) is 4.67. The van der Waals surface area contributed by atoms with Gasteiger partial charge in [0, 0.05) is 20.1 Å². The van der Waals surface area contributed by atoms with Gasteiger partial charge >= 0.3 is 0 Å². The summed E-state index contributed by atoms with van der Waals surface area (Å²) in [6, 6.07) is 0. The third kappa shape index (κ3) is 1.63. The molecule has 0 atom stereocenters. The van der Waals surface area contributed by atoms with Crippen molar-refractivity contribution in [1.82, 2.24) is 14.7 Å². The minimum atomic E-state index is -0.268. The monoisotopic (exact) mass is 194 g/mol. The number of carbonyl (C=O) groups is 1. The molecule has 2 heterocycles. The molecule has 0 unspecified atom stereocenters. The van der Waals surface area contributed by atoms with Crippen molar-refractivity contribution in [2.24, 2.45) is 12.8 Å². The fourth-order valence-corrected chi connectivity index (χ4v) is 1.85. The lowest BCUT2D eigenvalue weighted by atomic mass is 10.1. The highest BCUT2D eigenvalue weighted by Gasteiger charge is 2.20. The van der Waals surface area contributed by atoms with Crippen molar-refractivity contribution in [1.29, 1.82) is 0 Å². The lowest BCUT2D eigenvalue weighted by Gasteiger charge is -2.25. The Hall–Kier alpha value is -1.36. The summed E-state index contributed by atoms with van der Waals surface area (Å²) in [5, 5.41) is 4.19. The van der Waals surface area contributed by atoms with Crippen LogP contribution in [0.15, 0.2) is 6.20 Å². The van der Waals surface area contributed by atoms with Crippen LogP contribution in [0.1, 0.15) is 11.3 Å². The molecule has 0 saturated carbocycles. The number of hydrogen-bond donors (Lipinski definition) is 1. The van der Waals surface area contributed by atoms with Gasteiger partial charge in [0.05, 0.1) is 18.4 Å². The minimum Gasteiger partial charge on any atom is -0.369 e. The molecule has 76 valence electrons. The number of primary amides is 1. The van der Waals surface area contributed by atoms with Gasteiger partial charge in [-0.2, -0.15) is 5.10 Å². The lowest BCUT2D eigenvalue weighted by molar-refractivity contribution is -0.119. The Kier molecular flexibility index (Phi) is 2.25. The number of amides is 1. The van der Waals surface area contributed by atoms with E-state index in [0.29, 0.717) is 6.54 Å². The number of fused-ring (bicyclic) bond motifs is 1. The molecule has 1 aromatic rings. The number of aromatic nitrogens is 2. The highest BCUT2D eigenvalue weighted by Crippen LogP contribution is 2.16. The molecule has 0 aliphatic carbocycles. The van der Waals surface area contributed by atoms with E-state index in [0.717, 1.165) is 19.5 Å². The second-order valence-electron chi connectivity index (χ2n) is 3.67. The van der Waals surface area contributed by atoms with Crippen molar-refractivity contribution < 1.29 is 4.79 Å². The molecule has 5 nitrogen and oxygen atoms in total. The van der Waals surface area contributed by atoms with E-state index < -0.39 is 0 Å². The summed E-state index contributed by atoms with van der Waals surface area (Å²) in [6.45, 7) is 2.00. The van der Waals surface area contributed by atoms with Crippen LogP contribution in [0.3, 0.4) is 0 Å². The number of nitrogens with zero attached hydrogens (tertiary/aromatic N) is 3. The van der Waals surface area contributed by atoms with Crippen molar-refractivity contribution in [2.45, 2.75) is 13.0 Å². The molecule has 0 saturated heterocycles. The molecule has 0 aromatic carbocycles. The molecule has 2 rings (SSSR count). The topological polar surface area (TPSA) is 64.2 Å². The van der Waals surface area contributed by atoms with Gasteiger partial charge < -0.3 is 5.73 Å². The summed E-state index contributed by atoms with van der Waals surface area (Å²) < 4.78 is 1.86. The van der Waals surface area contributed by atoms with Crippen LogP contribution < -0.4 is 5.73 Å². The van der Waals surface area contributed by atoms with E-state index in [1.807, 2.05) is 22.8 Å². The zero-order chi connectivity index (χ0) is 10.1. The van der Waals surface area contributed by atoms with Crippen molar-refractivity contribution in [3.05, 3.63) is 17.5 Å². The van der Waals surface area contributed by atoms with Crippen molar-refractivity contribution in [2.75, 3.05) is 13.1 Å². The first-order valence-electron chi connectivity index (χ1n) is 4.67. The standard InChI is InChI=1S/C9H14N4O/c1-12-8-5-13(6-9(10)14)3-2-7(8)4-11-12/h4H,2-3,5-6H2,1H3,(H2,10,14). The first kappa shape index (κ1) is 9.21. The SMILES string of the molecule is Cn1ncc2c1CN(CC(N)=O)CC2. The van der Waals surface area contributed by atoms with Crippen LogP contribution in [-0.2, 0) is 24.8 Å². The van der Waals surface area contributed by atoms with Gasteiger partial charge in [-0.15, -0.1) is 0 Å². The maximum absolute atomic E-state index is 10.8. The summed E-state index contributed by atoms with van der Waals surface area (Å²) in [6.07, 6.45) is 2.85. The highest BCUT2D eigenvalue weighted by molar-refractivity contribution is 5.75. The Morgan fingerprint density at radius 2 is 2.50 bits per heavy atom. The van der Waals surface area contributed by atoms with Crippen molar-refractivity contribution in [3.63, 3.8) is 0 Å². The fraction of sp³-hybridized carbons (Fsp3) is 0.556. The molecule has 5 heteroatoms. The van der Waals surface area contributed by atoms with Gasteiger partial charge in [0.15, 0.2) is 0 Å². The van der Waals surface area contributed by atoms with Gasteiger partial charge in [-0.3, -0.25) is 14.4 Å². The van der Waals surface area contributed by atoms with Crippen molar-refractivity contribution >= 4 is 5.91 Å².